The van der Waals surface area contributed by atoms with E-state index in [1.807, 2.05) is 26.1 Å². The Labute approximate surface area is 119 Å². The maximum absolute atomic E-state index is 12.5. The summed E-state index contributed by atoms with van der Waals surface area (Å²) in [5.74, 6) is -0.00327. The van der Waals surface area contributed by atoms with Crippen LogP contribution >= 0.6 is 0 Å². The van der Waals surface area contributed by atoms with Gasteiger partial charge in [0.05, 0.1) is 6.54 Å². The molecule has 2 rings (SSSR count). The van der Waals surface area contributed by atoms with Crippen molar-refractivity contribution in [2.24, 2.45) is 0 Å². The van der Waals surface area contributed by atoms with Gasteiger partial charge < -0.3 is 10.2 Å². The van der Waals surface area contributed by atoms with E-state index < -0.39 is 0 Å². The molecule has 2 unspecified atom stereocenters. The van der Waals surface area contributed by atoms with Crippen LogP contribution in [0.4, 0.5) is 0 Å². The minimum atomic E-state index is -0.368. The number of nitrogens with zero attached hydrogens (tertiary/aromatic N) is 3. The summed E-state index contributed by atoms with van der Waals surface area (Å²) in [6.45, 7) is 5.08. The van der Waals surface area contributed by atoms with Crippen LogP contribution in [0.1, 0.15) is 33.1 Å². The summed E-state index contributed by atoms with van der Waals surface area (Å²) in [4.78, 5) is 26.3. The Hall–Kier alpha value is -1.85. The van der Waals surface area contributed by atoms with Gasteiger partial charge in [0.2, 0.25) is 11.8 Å². The smallest absolute Gasteiger partial charge is 0.245 e. The maximum atomic E-state index is 12.5. The van der Waals surface area contributed by atoms with Crippen molar-refractivity contribution in [2.75, 3.05) is 6.54 Å². The normalized spacial score (nSPS) is 23.0. The third kappa shape index (κ3) is 3.00. The lowest BCUT2D eigenvalue weighted by molar-refractivity contribution is -0.149. The first-order valence-corrected chi connectivity index (χ1v) is 7.25. The predicted octanol–water partition coefficient (Wildman–Crippen LogP) is 0.789. The van der Waals surface area contributed by atoms with E-state index in [1.165, 1.54) is 0 Å². The molecule has 2 heterocycles. The molecule has 6 heteroatoms. The van der Waals surface area contributed by atoms with Crippen molar-refractivity contribution in [3.8, 4) is 0 Å². The van der Waals surface area contributed by atoms with Gasteiger partial charge in [0.15, 0.2) is 0 Å². The van der Waals surface area contributed by atoms with E-state index in [0.717, 1.165) is 6.42 Å². The molecule has 0 bridgehead atoms. The van der Waals surface area contributed by atoms with Gasteiger partial charge in [-0.1, -0.05) is 20.3 Å². The Morgan fingerprint density at radius 2 is 2.10 bits per heavy atom. The molecule has 0 aromatic carbocycles. The van der Waals surface area contributed by atoms with Crippen molar-refractivity contribution in [1.29, 1.82) is 0 Å². The average molecular weight is 278 g/mol. The highest BCUT2D eigenvalue weighted by Gasteiger charge is 2.38. The first-order valence-electron chi connectivity index (χ1n) is 7.25. The van der Waals surface area contributed by atoms with Crippen LogP contribution in [0, 0.1) is 0 Å². The van der Waals surface area contributed by atoms with E-state index in [4.69, 9.17) is 0 Å². The van der Waals surface area contributed by atoms with Crippen LogP contribution < -0.4 is 5.32 Å². The lowest BCUT2D eigenvalue weighted by Gasteiger charge is -2.38. The molecule has 20 heavy (non-hydrogen) atoms. The van der Waals surface area contributed by atoms with E-state index in [2.05, 4.69) is 10.4 Å². The largest absolute Gasteiger partial charge is 0.343 e. The third-order valence-electron chi connectivity index (χ3n) is 3.67. The number of carbonyl (C=O) groups is 2. The maximum Gasteiger partial charge on any atom is 0.245 e. The highest BCUT2D eigenvalue weighted by molar-refractivity contribution is 5.96. The van der Waals surface area contributed by atoms with E-state index >= 15 is 0 Å². The molecule has 1 N–H and O–H groups in total. The number of hydrogen-bond acceptors (Lipinski definition) is 3. The van der Waals surface area contributed by atoms with Crippen molar-refractivity contribution >= 4 is 11.8 Å². The lowest BCUT2D eigenvalue weighted by Crippen LogP contribution is -2.63. The Bertz CT molecular complexity index is 458. The van der Waals surface area contributed by atoms with Crippen LogP contribution in [-0.4, -0.2) is 45.1 Å². The highest BCUT2D eigenvalue weighted by Crippen LogP contribution is 2.15. The Balaban J connectivity index is 2.07. The van der Waals surface area contributed by atoms with Gasteiger partial charge in [-0.3, -0.25) is 14.3 Å². The summed E-state index contributed by atoms with van der Waals surface area (Å²) in [6.07, 6.45) is 5.77. The number of nitrogens with one attached hydrogen (secondary N) is 1. The number of amides is 2. The van der Waals surface area contributed by atoms with Gasteiger partial charge in [0, 0.05) is 18.9 Å². The summed E-state index contributed by atoms with van der Waals surface area (Å²) >= 11 is 0. The molecule has 1 aliphatic heterocycles. The van der Waals surface area contributed by atoms with Crippen molar-refractivity contribution in [3.05, 3.63) is 18.5 Å². The zero-order chi connectivity index (χ0) is 14.5. The molecular formula is C14H22N4O2. The molecule has 2 atom stereocenters. The zero-order valence-corrected chi connectivity index (χ0v) is 12.1. The number of aromatic nitrogens is 2. The van der Waals surface area contributed by atoms with Gasteiger partial charge >= 0.3 is 0 Å². The second-order valence-corrected chi connectivity index (χ2v) is 5.07. The summed E-state index contributed by atoms with van der Waals surface area (Å²) in [7, 11) is 0. The van der Waals surface area contributed by atoms with Crippen LogP contribution in [0.25, 0.3) is 0 Å². The molecule has 1 fully saturated rings. The minimum absolute atomic E-state index is 0.0328. The fourth-order valence-electron chi connectivity index (χ4n) is 2.62. The van der Waals surface area contributed by atoms with Gasteiger partial charge in [-0.2, -0.15) is 5.10 Å². The second kappa shape index (κ2) is 6.54. The monoisotopic (exact) mass is 278 g/mol. The average Bonchev–Trinajstić information content (AvgIpc) is 2.94. The minimum Gasteiger partial charge on any atom is -0.343 e. The molecule has 0 aliphatic carbocycles. The fraction of sp³-hybridized carbons (Fsp3) is 0.643. The molecule has 6 nitrogen and oxygen atoms in total. The summed E-state index contributed by atoms with van der Waals surface area (Å²) in [5, 5.41) is 6.97. The number of hydrogen-bond donors (Lipinski definition) is 1. The van der Waals surface area contributed by atoms with Gasteiger partial charge in [0.1, 0.15) is 12.1 Å². The highest BCUT2D eigenvalue weighted by atomic mass is 16.2. The van der Waals surface area contributed by atoms with Gasteiger partial charge in [-0.05, 0) is 18.9 Å². The Morgan fingerprint density at radius 1 is 1.30 bits per heavy atom. The third-order valence-corrected chi connectivity index (χ3v) is 3.67. The number of piperazine rings is 1. The topological polar surface area (TPSA) is 67.2 Å². The molecule has 0 saturated carbocycles. The van der Waals surface area contributed by atoms with E-state index in [-0.39, 0.29) is 23.9 Å². The van der Waals surface area contributed by atoms with Gasteiger partial charge in [0.25, 0.3) is 0 Å². The first kappa shape index (κ1) is 14.6. The van der Waals surface area contributed by atoms with Crippen molar-refractivity contribution < 1.29 is 9.59 Å². The van der Waals surface area contributed by atoms with Gasteiger partial charge in [-0.25, -0.2) is 0 Å². The van der Waals surface area contributed by atoms with E-state index in [1.54, 1.807) is 15.8 Å². The quantitative estimate of drug-likeness (QED) is 0.836. The molecule has 1 aliphatic rings. The summed E-state index contributed by atoms with van der Waals surface area (Å²) < 4.78 is 1.78. The van der Waals surface area contributed by atoms with Crippen LogP contribution in [0.15, 0.2) is 18.5 Å². The van der Waals surface area contributed by atoms with Crippen LogP contribution in [0.3, 0.4) is 0 Å². The molecule has 1 aromatic heterocycles. The Kier molecular flexibility index (Phi) is 4.76. The molecule has 2 amide bonds. The number of carbonyl (C=O) groups excluding carboxylic acids is 2. The van der Waals surface area contributed by atoms with Gasteiger partial charge in [-0.15, -0.1) is 0 Å². The standard InChI is InChI=1S/C14H22N4O2/c1-3-6-11-14(20)18(12(4-2)13(19)16-11)10-9-17-8-5-7-15-17/h5,7-8,11-12H,3-4,6,9-10H2,1-2H3,(H,16,19). The molecule has 0 radical (unpaired) electrons. The predicted molar refractivity (Wildman–Crippen MR) is 74.9 cm³/mol. The molecular weight excluding hydrogens is 256 g/mol. The molecule has 110 valence electrons. The second-order valence-electron chi connectivity index (χ2n) is 5.07. The van der Waals surface area contributed by atoms with E-state index in [0.29, 0.717) is 25.9 Å². The van der Waals surface area contributed by atoms with Crippen LogP contribution in [-0.2, 0) is 16.1 Å². The van der Waals surface area contributed by atoms with Crippen molar-refractivity contribution in [1.82, 2.24) is 20.0 Å². The number of rotatable bonds is 6. The molecule has 0 spiro atoms. The SMILES string of the molecule is CCCC1NC(=O)C(CC)N(CCn2cccn2)C1=O. The first-order chi connectivity index (χ1) is 9.67. The van der Waals surface area contributed by atoms with Crippen LogP contribution in [0.2, 0.25) is 0 Å². The van der Waals surface area contributed by atoms with Crippen LogP contribution in [0.5, 0.6) is 0 Å². The molecule has 1 aromatic rings. The van der Waals surface area contributed by atoms with E-state index in [9.17, 15) is 9.59 Å². The Morgan fingerprint density at radius 3 is 2.70 bits per heavy atom. The zero-order valence-electron chi connectivity index (χ0n) is 12.1. The van der Waals surface area contributed by atoms with Crippen molar-refractivity contribution in [3.63, 3.8) is 0 Å². The fourth-order valence-corrected chi connectivity index (χ4v) is 2.62. The summed E-state index contributed by atoms with van der Waals surface area (Å²) in [5.41, 5.74) is 0. The lowest BCUT2D eigenvalue weighted by atomic mass is 10.0. The van der Waals surface area contributed by atoms with Crippen molar-refractivity contribution in [2.45, 2.75) is 51.7 Å². The summed E-state index contributed by atoms with van der Waals surface area (Å²) in [6, 6.07) is 1.13. The molecule has 1 saturated heterocycles.